The highest BCUT2D eigenvalue weighted by atomic mass is 16.5. The van der Waals surface area contributed by atoms with Crippen molar-refractivity contribution in [2.24, 2.45) is 5.73 Å². The fourth-order valence-electron chi connectivity index (χ4n) is 2.14. The summed E-state index contributed by atoms with van der Waals surface area (Å²) < 4.78 is 5.70. The second-order valence-corrected chi connectivity index (χ2v) is 4.86. The Morgan fingerprint density at radius 3 is 2.90 bits per heavy atom. The van der Waals surface area contributed by atoms with E-state index in [1.807, 2.05) is 24.3 Å². The summed E-state index contributed by atoms with van der Waals surface area (Å²) in [4.78, 5) is 13.5. The Morgan fingerprint density at radius 1 is 1.33 bits per heavy atom. The van der Waals surface area contributed by atoms with Crippen LogP contribution in [0.3, 0.4) is 0 Å². The molecule has 1 heterocycles. The first kappa shape index (κ1) is 15.4. The van der Waals surface area contributed by atoms with Crippen LogP contribution < -0.4 is 15.8 Å². The molecule has 1 saturated heterocycles. The van der Waals surface area contributed by atoms with Gasteiger partial charge in [-0.05, 0) is 30.7 Å². The van der Waals surface area contributed by atoms with Gasteiger partial charge in [0, 0.05) is 25.2 Å². The predicted molar refractivity (Wildman–Crippen MR) is 81.9 cm³/mol. The van der Waals surface area contributed by atoms with Crippen LogP contribution in [0.2, 0.25) is 0 Å². The lowest BCUT2D eigenvalue weighted by Gasteiger charge is -2.18. The third-order valence-electron chi connectivity index (χ3n) is 3.21. The molecular weight excluding hydrogens is 266 g/mol. The Balaban J connectivity index is 1.76. The van der Waals surface area contributed by atoms with Crippen molar-refractivity contribution < 1.29 is 9.53 Å². The first-order valence-electron chi connectivity index (χ1n) is 7.19. The van der Waals surface area contributed by atoms with Gasteiger partial charge in [0.25, 0.3) is 0 Å². The minimum Gasteiger partial charge on any atom is -0.492 e. The van der Waals surface area contributed by atoms with Gasteiger partial charge in [-0.25, -0.2) is 0 Å². The molecule has 1 fully saturated rings. The largest absolute Gasteiger partial charge is 0.492 e. The zero-order valence-electron chi connectivity index (χ0n) is 12.1. The summed E-state index contributed by atoms with van der Waals surface area (Å²) in [6.45, 7) is 3.83. The van der Waals surface area contributed by atoms with Crippen LogP contribution in [0, 0.1) is 11.8 Å². The minimum absolute atomic E-state index is 0.0929. The van der Waals surface area contributed by atoms with E-state index in [2.05, 4.69) is 22.1 Å². The van der Waals surface area contributed by atoms with E-state index in [4.69, 9.17) is 10.5 Å². The molecule has 1 aromatic carbocycles. The average Bonchev–Trinajstić information content (AvgIpc) is 2.71. The molecule has 1 aliphatic heterocycles. The van der Waals surface area contributed by atoms with Gasteiger partial charge < -0.3 is 15.8 Å². The minimum atomic E-state index is 0.0929. The van der Waals surface area contributed by atoms with Crippen molar-refractivity contribution >= 4 is 5.91 Å². The maximum atomic E-state index is 11.4. The van der Waals surface area contributed by atoms with E-state index in [0.29, 0.717) is 19.7 Å². The Hall–Kier alpha value is -2.03. The molecule has 0 bridgehead atoms. The Bertz CT molecular complexity index is 517. The number of amides is 1. The first-order valence-corrected chi connectivity index (χ1v) is 7.19. The van der Waals surface area contributed by atoms with Crippen LogP contribution in [0.4, 0.5) is 0 Å². The van der Waals surface area contributed by atoms with Crippen LogP contribution in [0.25, 0.3) is 0 Å². The van der Waals surface area contributed by atoms with Gasteiger partial charge >= 0.3 is 0 Å². The molecule has 1 aromatic rings. The molecule has 0 spiro atoms. The molecule has 0 aliphatic carbocycles. The van der Waals surface area contributed by atoms with E-state index in [-0.39, 0.29) is 5.91 Å². The van der Waals surface area contributed by atoms with E-state index < -0.39 is 0 Å². The van der Waals surface area contributed by atoms with Crippen molar-refractivity contribution in [3.8, 4) is 17.6 Å². The number of benzene rings is 1. The lowest BCUT2D eigenvalue weighted by atomic mass is 10.2. The van der Waals surface area contributed by atoms with E-state index >= 15 is 0 Å². The van der Waals surface area contributed by atoms with Gasteiger partial charge in [0.05, 0.1) is 13.1 Å². The molecule has 0 aromatic heterocycles. The van der Waals surface area contributed by atoms with Crippen molar-refractivity contribution in [1.29, 1.82) is 0 Å². The molecule has 3 N–H and O–H groups in total. The lowest BCUT2D eigenvalue weighted by molar-refractivity contribution is -0.121. The maximum absolute atomic E-state index is 11.4. The first-order chi connectivity index (χ1) is 10.3. The zero-order valence-corrected chi connectivity index (χ0v) is 12.1. The predicted octanol–water partition coefficient (Wildman–Crippen LogP) is 0.197. The second kappa shape index (κ2) is 8.30. The van der Waals surface area contributed by atoms with Gasteiger partial charge in [0.15, 0.2) is 0 Å². The molecule has 21 heavy (non-hydrogen) atoms. The molecule has 0 saturated carbocycles. The van der Waals surface area contributed by atoms with E-state index in [1.54, 1.807) is 0 Å². The molecule has 0 radical (unpaired) electrons. The van der Waals surface area contributed by atoms with E-state index in [9.17, 15) is 4.79 Å². The summed E-state index contributed by atoms with van der Waals surface area (Å²) in [5.41, 5.74) is 6.26. The molecule has 0 unspecified atom stereocenters. The Labute approximate surface area is 125 Å². The molecule has 2 rings (SSSR count). The fourth-order valence-corrected chi connectivity index (χ4v) is 2.14. The highest BCUT2D eigenvalue weighted by Crippen LogP contribution is 2.11. The maximum Gasteiger partial charge on any atom is 0.234 e. The third-order valence-corrected chi connectivity index (χ3v) is 3.21. The van der Waals surface area contributed by atoms with Gasteiger partial charge in [-0.2, -0.15) is 0 Å². The summed E-state index contributed by atoms with van der Waals surface area (Å²) in [5.74, 6) is 6.69. The van der Waals surface area contributed by atoms with Crippen molar-refractivity contribution in [3.63, 3.8) is 0 Å². The number of ether oxygens (including phenoxy) is 1. The number of nitrogens with zero attached hydrogens (tertiary/aromatic N) is 1. The topological polar surface area (TPSA) is 67.6 Å². The molecule has 5 heteroatoms. The monoisotopic (exact) mass is 287 g/mol. The van der Waals surface area contributed by atoms with E-state index in [0.717, 1.165) is 37.4 Å². The van der Waals surface area contributed by atoms with Gasteiger partial charge in [-0.3, -0.25) is 9.69 Å². The third kappa shape index (κ3) is 5.46. The van der Waals surface area contributed by atoms with Crippen molar-refractivity contribution in [1.82, 2.24) is 10.2 Å². The number of carbonyl (C=O) groups is 1. The van der Waals surface area contributed by atoms with Crippen molar-refractivity contribution in [3.05, 3.63) is 29.8 Å². The average molecular weight is 287 g/mol. The Morgan fingerprint density at radius 2 is 2.14 bits per heavy atom. The smallest absolute Gasteiger partial charge is 0.234 e. The fraction of sp³-hybridized carbons (Fsp3) is 0.438. The summed E-state index contributed by atoms with van der Waals surface area (Å²) in [5, 5.41) is 2.86. The quantitative estimate of drug-likeness (QED) is 0.776. The highest BCUT2D eigenvalue weighted by molar-refractivity contribution is 5.78. The van der Waals surface area contributed by atoms with Crippen LogP contribution in [-0.2, 0) is 4.79 Å². The molecule has 1 amide bonds. The number of nitrogens with two attached hydrogens (primary N) is 1. The standard InChI is InChI=1S/C16H21N3O2/c17-8-1-3-14-4-6-15(7-5-14)21-12-11-19-10-2-9-18-16(20)13-19/h4-7H,2,8-13,17H2,(H,18,20). The lowest BCUT2D eigenvalue weighted by Crippen LogP contribution is -2.35. The van der Waals surface area contributed by atoms with Crippen LogP contribution in [-0.4, -0.2) is 50.1 Å². The van der Waals surface area contributed by atoms with Gasteiger partial charge in [0.1, 0.15) is 12.4 Å². The van der Waals surface area contributed by atoms with Crippen molar-refractivity contribution in [2.75, 3.05) is 39.3 Å². The van der Waals surface area contributed by atoms with Crippen LogP contribution in [0.5, 0.6) is 5.75 Å². The normalized spacial score (nSPS) is 15.6. The van der Waals surface area contributed by atoms with Crippen LogP contribution in [0.1, 0.15) is 12.0 Å². The summed E-state index contributed by atoms with van der Waals surface area (Å²) in [7, 11) is 0. The number of hydrogen-bond acceptors (Lipinski definition) is 4. The molecular formula is C16H21N3O2. The molecule has 1 aliphatic rings. The number of rotatable bonds is 4. The van der Waals surface area contributed by atoms with Gasteiger partial charge in [0.2, 0.25) is 5.91 Å². The number of carbonyl (C=O) groups excluding carboxylic acids is 1. The number of hydrogen-bond donors (Lipinski definition) is 2. The number of nitrogens with one attached hydrogen (secondary N) is 1. The summed E-state index contributed by atoms with van der Waals surface area (Å²) in [6, 6.07) is 7.63. The van der Waals surface area contributed by atoms with Gasteiger partial charge in [-0.15, -0.1) is 0 Å². The Kier molecular flexibility index (Phi) is 6.07. The second-order valence-electron chi connectivity index (χ2n) is 4.86. The van der Waals surface area contributed by atoms with Crippen LogP contribution in [0.15, 0.2) is 24.3 Å². The molecule has 112 valence electrons. The van der Waals surface area contributed by atoms with Gasteiger partial charge in [-0.1, -0.05) is 11.8 Å². The van der Waals surface area contributed by atoms with Crippen molar-refractivity contribution in [2.45, 2.75) is 6.42 Å². The van der Waals surface area contributed by atoms with E-state index in [1.165, 1.54) is 0 Å². The summed E-state index contributed by atoms with van der Waals surface area (Å²) >= 11 is 0. The summed E-state index contributed by atoms with van der Waals surface area (Å²) in [6.07, 6.45) is 0.986. The highest BCUT2D eigenvalue weighted by Gasteiger charge is 2.13. The van der Waals surface area contributed by atoms with Crippen LogP contribution >= 0.6 is 0 Å². The molecule has 0 atom stereocenters. The molecule has 5 nitrogen and oxygen atoms in total. The SMILES string of the molecule is NCC#Cc1ccc(OCCN2CCCNC(=O)C2)cc1. The zero-order chi connectivity index (χ0) is 14.9.